The van der Waals surface area contributed by atoms with Crippen LogP contribution >= 0.6 is 0 Å². The van der Waals surface area contributed by atoms with Crippen molar-refractivity contribution in [2.75, 3.05) is 0 Å². The summed E-state index contributed by atoms with van der Waals surface area (Å²) in [5.74, 6) is 58.0. The molecule has 0 rings (SSSR count). The molecule has 0 aromatic carbocycles. The molecule has 0 heterocycles. The molecule has 0 unspecified atom stereocenters. The minimum atomic E-state index is -0.505. The molecule has 0 bridgehead atoms. The summed E-state index contributed by atoms with van der Waals surface area (Å²) in [7, 11) is 0. The van der Waals surface area contributed by atoms with Gasteiger partial charge < -0.3 is 0 Å². The quantitative estimate of drug-likeness (QED) is 0.512. The molecule has 0 N–H and O–H groups in total. The van der Waals surface area contributed by atoms with Gasteiger partial charge in [-0.3, -0.25) is 0 Å². The maximum absolute atomic E-state index is 5.15. The topological polar surface area (TPSA) is 0 Å². The maximum atomic E-state index is 5.15. The summed E-state index contributed by atoms with van der Waals surface area (Å²) >= 11 is 0. The third-order valence-corrected chi connectivity index (χ3v) is 2.81. The first-order valence-electron chi connectivity index (χ1n) is 8.40. The molecule has 0 saturated heterocycles. The van der Waals surface area contributed by atoms with Gasteiger partial charge in [0.15, 0.2) is 0 Å². The van der Waals surface area contributed by atoms with E-state index in [-0.39, 0.29) is 0 Å². The van der Waals surface area contributed by atoms with E-state index in [2.05, 4.69) is 124 Å². The molecule has 0 saturated carbocycles. The highest BCUT2D eigenvalue weighted by molar-refractivity contribution is 7.59. The first-order chi connectivity index (χ1) is 14.2. The predicted molar refractivity (Wildman–Crippen MR) is 127 cm³/mol. The molecule has 29 heavy (non-hydrogen) atoms. The molecule has 0 aromatic rings. The molecule has 126 valence electrons. The summed E-state index contributed by atoms with van der Waals surface area (Å²) in [4.78, 5) is 0. The van der Waals surface area contributed by atoms with Crippen LogP contribution in [0.2, 0.25) is 0 Å². The standard InChI is InChI=1S/C26H13B3/c1-6-11-16-21-26-29(27(22-17-12-7-2)23-18-13-8-3)28(24-19-14-9-4)25-20-15-10-5/h1H,2-5H3. The minimum absolute atomic E-state index is 0.475. The number of hydrogen-bond donors (Lipinski definition) is 0. The zero-order chi connectivity index (χ0) is 21.6. The maximum Gasteiger partial charge on any atom is 0.295 e. The van der Waals surface area contributed by atoms with Crippen LogP contribution < -0.4 is 0 Å². The lowest BCUT2D eigenvalue weighted by Gasteiger charge is -2.06. The second-order valence-corrected chi connectivity index (χ2v) is 4.72. The number of rotatable bonds is 2. The first kappa shape index (κ1) is 24.4. The van der Waals surface area contributed by atoms with E-state index >= 15 is 0 Å². The highest BCUT2D eigenvalue weighted by Crippen LogP contribution is 1.96. The smallest absolute Gasteiger partial charge is 0.154 e. The molecule has 0 atom stereocenters. The molecule has 0 nitrogen and oxygen atoms in total. The van der Waals surface area contributed by atoms with E-state index in [0.717, 1.165) is 0 Å². The summed E-state index contributed by atoms with van der Waals surface area (Å²) < 4.78 is 0. The molecule has 0 amide bonds. The molecule has 0 radical (unpaired) electrons. The van der Waals surface area contributed by atoms with Crippen molar-refractivity contribution in [1.82, 2.24) is 0 Å². The zero-order valence-corrected chi connectivity index (χ0v) is 16.8. The number of hydrogen-bond acceptors (Lipinski definition) is 0. The van der Waals surface area contributed by atoms with Crippen LogP contribution in [0.25, 0.3) is 0 Å². The SMILES string of the molecule is C#CC#CC#CB(B(C#CC#CC)C#CC#CC)B(C#CC#CC)C#CC#CC. The van der Waals surface area contributed by atoms with Crippen molar-refractivity contribution in [3.8, 4) is 130 Å². The fourth-order valence-electron chi connectivity index (χ4n) is 1.68. The molecule has 3 heteroatoms. The van der Waals surface area contributed by atoms with Crippen LogP contribution in [0.3, 0.4) is 0 Å². The second-order valence-electron chi connectivity index (χ2n) is 4.72. The van der Waals surface area contributed by atoms with Gasteiger partial charge in [-0.25, -0.2) is 0 Å². The van der Waals surface area contributed by atoms with Gasteiger partial charge in [0.2, 0.25) is 6.49 Å². The van der Waals surface area contributed by atoms with Gasteiger partial charge in [0.05, 0.1) is 0 Å². The normalized spacial score (nSPS) is 5.21. The molecule has 0 aliphatic rings. The monoisotopic (exact) mass is 358 g/mol. The lowest BCUT2D eigenvalue weighted by Crippen LogP contribution is -2.46. The van der Waals surface area contributed by atoms with E-state index in [1.54, 1.807) is 27.7 Å². The Kier molecular flexibility index (Phi) is 15.2. The second kappa shape index (κ2) is 18.2. The minimum Gasteiger partial charge on any atom is -0.154 e. The van der Waals surface area contributed by atoms with Gasteiger partial charge in [0.1, 0.15) is 0 Å². The molecule has 0 aliphatic heterocycles. The Morgan fingerprint density at radius 1 is 0.414 bits per heavy atom. The number of terminal acetylenes is 1. The third-order valence-electron chi connectivity index (χ3n) is 2.81. The Hall–Kier alpha value is -4.65. The van der Waals surface area contributed by atoms with Crippen molar-refractivity contribution < 1.29 is 0 Å². The van der Waals surface area contributed by atoms with Crippen molar-refractivity contribution in [3.05, 3.63) is 0 Å². The highest BCUT2D eigenvalue weighted by atomic mass is 13.6. The molecule has 0 fully saturated rings. The van der Waals surface area contributed by atoms with Gasteiger partial charge in [-0.2, -0.15) is 5.82 Å². The lowest BCUT2D eigenvalue weighted by atomic mass is 8.89. The molecule has 0 aliphatic carbocycles. The Bertz CT molecular complexity index is 1120. The van der Waals surface area contributed by atoms with Gasteiger partial charge in [-0.05, 0) is 98.7 Å². The highest BCUT2D eigenvalue weighted by Gasteiger charge is 2.36. The van der Waals surface area contributed by atoms with Gasteiger partial charge in [0.25, 0.3) is 13.2 Å². The Balaban J connectivity index is 6.65. The van der Waals surface area contributed by atoms with Crippen LogP contribution in [0, 0.1) is 130 Å². The van der Waals surface area contributed by atoms with E-state index < -0.39 is 19.7 Å². The van der Waals surface area contributed by atoms with E-state index in [1.165, 1.54) is 0 Å². The first-order valence-corrected chi connectivity index (χ1v) is 8.40. The molecule has 0 spiro atoms. The zero-order valence-electron chi connectivity index (χ0n) is 16.8. The van der Waals surface area contributed by atoms with Crippen molar-refractivity contribution in [1.29, 1.82) is 0 Å². The lowest BCUT2D eigenvalue weighted by molar-refractivity contribution is 1.92. The Morgan fingerprint density at radius 3 is 1.07 bits per heavy atom. The van der Waals surface area contributed by atoms with Crippen LogP contribution in [0.15, 0.2) is 0 Å². The van der Waals surface area contributed by atoms with Crippen molar-refractivity contribution in [2.24, 2.45) is 0 Å². The van der Waals surface area contributed by atoms with E-state index in [0.29, 0.717) is 0 Å². The van der Waals surface area contributed by atoms with Crippen LogP contribution in [-0.2, 0) is 0 Å². The predicted octanol–water partition coefficient (Wildman–Crippen LogP) is 1.07. The van der Waals surface area contributed by atoms with Crippen LogP contribution in [0.1, 0.15) is 27.7 Å². The van der Waals surface area contributed by atoms with Crippen molar-refractivity contribution in [2.45, 2.75) is 27.7 Å². The van der Waals surface area contributed by atoms with Gasteiger partial charge in [-0.1, -0.05) is 23.7 Å². The molecular weight excluding hydrogens is 345 g/mol. The summed E-state index contributed by atoms with van der Waals surface area (Å²) in [6.45, 7) is 5.34. The summed E-state index contributed by atoms with van der Waals surface area (Å²) in [6, 6.07) is 0. The van der Waals surface area contributed by atoms with Gasteiger partial charge in [-0.15, -0.1) is 29.7 Å². The van der Waals surface area contributed by atoms with Crippen molar-refractivity contribution in [3.63, 3.8) is 0 Å². The van der Waals surface area contributed by atoms with Crippen molar-refractivity contribution >= 4 is 19.7 Å². The van der Waals surface area contributed by atoms with Crippen LogP contribution in [-0.4, -0.2) is 19.7 Å². The average molecular weight is 358 g/mol. The van der Waals surface area contributed by atoms with Crippen LogP contribution in [0.4, 0.5) is 0 Å². The van der Waals surface area contributed by atoms with E-state index in [9.17, 15) is 0 Å². The summed E-state index contributed by atoms with van der Waals surface area (Å²) in [6.07, 6.45) is 5.15. The molecular formula is C26H13B3. The summed E-state index contributed by atoms with van der Waals surface area (Å²) in [5, 5.41) is 0. The summed E-state index contributed by atoms with van der Waals surface area (Å²) in [5.41, 5.74) is 0. The fourth-order valence-corrected chi connectivity index (χ4v) is 1.68. The average Bonchev–Trinajstić information content (AvgIpc) is 2.73. The fraction of sp³-hybridized carbons (Fsp3) is 0.154. The third kappa shape index (κ3) is 12.4. The largest absolute Gasteiger partial charge is 0.295 e. The molecule has 0 aromatic heterocycles. The van der Waals surface area contributed by atoms with E-state index in [1.807, 2.05) is 0 Å². The Morgan fingerprint density at radius 2 is 0.759 bits per heavy atom. The Labute approximate surface area is 177 Å². The van der Waals surface area contributed by atoms with Gasteiger partial charge in [0, 0.05) is 0 Å². The van der Waals surface area contributed by atoms with E-state index in [4.69, 9.17) is 6.42 Å². The van der Waals surface area contributed by atoms with Gasteiger partial charge >= 0.3 is 0 Å². The van der Waals surface area contributed by atoms with Crippen LogP contribution in [0.5, 0.6) is 0 Å².